The van der Waals surface area contributed by atoms with Crippen LogP contribution in [-0.2, 0) is 17.6 Å². The SMILES string of the molecule is N#CCc1ccc2c(c1)CCC(=O)N2. The van der Waals surface area contributed by atoms with Gasteiger partial charge in [-0.3, -0.25) is 4.79 Å². The van der Waals surface area contributed by atoms with Crippen molar-refractivity contribution in [2.45, 2.75) is 19.3 Å². The molecule has 0 radical (unpaired) electrons. The van der Waals surface area contributed by atoms with Crippen molar-refractivity contribution in [2.75, 3.05) is 5.32 Å². The first kappa shape index (κ1) is 8.76. The van der Waals surface area contributed by atoms with Gasteiger partial charge in [0.15, 0.2) is 0 Å². The maximum Gasteiger partial charge on any atom is 0.224 e. The first-order valence-corrected chi connectivity index (χ1v) is 4.58. The van der Waals surface area contributed by atoms with Gasteiger partial charge in [-0.05, 0) is 23.6 Å². The second-order valence-electron chi connectivity index (χ2n) is 3.37. The van der Waals surface area contributed by atoms with Gasteiger partial charge in [-0.15, -0.1) is 0 Å². The third kappa shape index (κ3) is 1.60. The Morgan fingerprint density at radius 1 is 1.43 bits per heavy atom. The van der Waals surface area contributed by atoms with Crippen LogP contribution in [0.15, 0.2) is 18.2 Å². The summed E-state index contributed by atoms with van der Waals surface area (Å²) in [7, 11) is 0. The number of nitrogens with one attached hydrogen (secondary N) is 1. The molecule has 1 aliphatic heterocycles. The van der Waals surface area contributed by atoms with Gasteiger partial charge in [-0.1, -0.05) is 12.1 Å². The van der Waals surface area contributed by atoms with Gasteiger partial charge >= 0.3 is 0 Å². The van der Waals surface area contributed by atoms with Gasteiger partial charge in [0, 0.05) is 12.1 Å². The molecule has 0 aromatic heterocycles. The molecule has 1 heterocycles. The molecule has 0 saturated carbocycles. The molecular formula is C11H10N2O. The molecule has 3 heteroatoms. The molecule has 70 valence electrons. The smallest absolute Gasteiger partial charge is 0.224 e. The van der Waals surface area contributed by atoms with E-state index in [1.54, 1.807) is 0 Å². The van der Waals surface area contributed by atoms with Crippen molar-refractivity contribution >= 4 is 11.6 Å². The van der Waals surface area contributed by atoms with Gasteiger partial charge in [0.25, 0.3) is 0 Å². The quantitative estimate of drug-likeness (QED) is 0.724. The molecule has 0 unspecified atom stereocenters. The lowest BCUT2D eigenvalue weighted by Crippen LogP contribution is -2.18. The minimum Gasteiger partial charge on any atom is -0.326 e. The molecule has 3 nitrogen and oxygen atoms in total. The van der Waals surface area contributed by atoms with E-state index in [0.29, 0.717) is 12.8 Å². The fourth-order valence-corrected chi connectivity index (χ4v) is 1.64. The number of rotatable bonds is 1. The summed E-state index contributed by atoms with van der Waals surface area (Å²) in [6, 6.07) is 7.87. The first-order chi connectivity index (χ1) is 6.79. The number of anilines is 1. The standard InChI is InChI=1S/C11H10N2O/c12-6-5-8-1-3-10-9(7-8)2-4-11(14)13-10/h1,3,7H,2,4-5H2,(H,13,14). The Balaban J connectivity index is 2.32. The fraction of sp³-hybridized carbons (Fsp3) is 0.273. The highest BCUT2D eigenvalue weighted by Crippen LogP contribution is 2.23. The molecule has 0 aliphatic carbocycles. The summed E-state index contributed by atoms with van der Waals surface area (Å²) in [4.78, 5) is 11.1. The second-order valence-corrected chi connectivity index (χ2v) is 3.37. The minimum atomic E-state index is 0.0746. The third-order valence-corrected chi connectivity index (χ3v) is 2.35. The monoisotopic (exact) mass is 186 g/mol. The molecule has 1 amide bonds. The number of nitrogens with zero attached hydrogens (tertiary/aromatic N) is 1. The highest BCUT2D eigenvalue weighted by atomic mass is 16.1. The maximum absolute atomic E-state index is 11.1. The zero-order chi connectivity index (χ0) is 9.97. The van der Waals surface area contributed by atoms with Gasteiger partial charge in [0.05, 0.1) is 12.5 Å². The van der Waals surface area contributed by atoms with Crippen molar-refractivity contribution in [1.82, 2.24) is 0 Å². The zero-order valence-electron chi connectivity index (χ0n) is 7.71. The highest BCUT2D eigenvalue weighted by molar-refractivity contribution is 5.93. The second kappa shape index (κ2) is 3.51. The van der Waals surface area contributed by atoms with Gasteiger partial charge in [0.2, 0.25) is 5.91 Å². The molecule has 1 aromatic rings. The topological polar surface area (TPSA) is 52.9 Å². The van der Waals surface area contributed by atoms with E-state index >= 15 is 0 Å². The molecule has 1 aliphatic rings. The summed E-state index contributed by atoms with van der Waals surface area (Å²) in [6.45, 7) is 0. The van der Waals surface area contributed by atoms with Crippen LogP contribution in [0.4, 0.5) is 5.69 Å². The summed E-state index contributed by atoms with van der Waals surface area (Å²) >= 11 is 0. The first-order valence-electron chi connectivity index (χ1n) is 4.58. The van der Waals surface area contributed by atoms with Crippen LogP contribution in [0.25, 0.3) is 0 Å². The lowest BCUT2D eigenvalue weighted by molar-refractivity contribution is -0.116. The van der Waals surface area contributed by atoms with Crippen LogP contribution in [0.3, 0.4) is 0 Å². The van der Waals surface area contributed by atoms with Crippen LogP contribution in [0.2, 0.25) is 0 Å². The van der Waals surface area contributed by atoms with E-state index in [4.69, 9.17) is 5.26 Å². The lowest BCUT2D eigenvalue weighted by atomic mass is 9.99. The Labute approximate surface area is 82.4 Å². The average Bonchev–Trinajstić information content (AvgIpc) is 2.19. The van der Waals surface area contributed by atoms with E-state index in [9.17, 15) is 4.79 Å². The van der Waals surface area contributed by atoms with Crippen LogP contribution in [-0.4, -0.2) is 5.91 Å². The number of fused-ring (bicyclic) bond motifs is 1. The number of hydrogen-bond acceptors (Lipinski definition) is 2. The van der Waals surface area contributed by atoms with Crippen molar-refractivity contribution in [1.29, 1.82) is 5.26 Å². The zero-order valence-corrected chi connectivity index (χ0v) is 7.71. The number of aryl methyl sites for hydroxylation is 1. The summed E-state index contributed by atoms with van der Waals surface area (Å²) < 4.78 is 0. The Morgan fingerprint density at radius 2 is 2.29 bits per heavy atom. The van der Waals surface area contributed by atoms with Crippen molar-refractivity contribution in [3.05, 3.63) is 29.3 Å². The largest absolute Gasteiger partial charge is 0.326 e. The van der Waals surface area contributed by atoms with Gasteiger partial charge in [0.1, 0.15) is 0 Å². The van der Waals surface area contributed by atoms with E-state index in [0.717, 1.165) is 23.2 Å². The molecule has 0 bridgehead atoms. The van der Waals surface area contributed by atoms with E-state index in [1.165, 1.54) is 0 Å². The predicted molar refractivity (Wildman–Crippen MR) is 52.7 cm³/mol. The maximum atomic E-state index is 11.1. The van der Waals surface area contributed by atoms with Crippen molar-refractivity contribution in [2.24, 2.45) is 0 Å². The van der Waals surface area contributed by atoms with Crippen LogP contribution >= 0.6 is 0 Å². The van der Waals surface area contributed by atoms with E-state index in [1.807, 2.05) is 18.2 Å². The van der Waals surface area contributed by atoms with Crippen LogP contribution in [0.1, 0.15) is 17.5 Å². The summed E-state index contributed by atoms with van der Waals surface area (Å²) in [6.07, 6.45) is 1.75. The van der Waals surface area contributed by atoms with Gasteiger partial charge in [-0.2, -0.15) is 5.26 Å². The Morgan fingerprint density at radius 3 is 3.07 bits per heavy atom. The third-order valence-electron chi connectivity index (χ3n) is 2.35. The molecule has 14 heavy (non-hydrogen) atoms. The molecule has 0 fully saturated rings. The number of benzene rings is 1. The van der Waals surface area contributed by atoms with E-state index in [2.05, 4.69) is 11.4 Å². The summed E-state index contributed by atoms with van der Waals surface area (Å²) in [5.74, 6) is 0.0746. The Hall–Kier alpha value is -1.82. The Kier molecular flexibility index (Phi) is 2.19. The molecule has 1 N–H and O–H groups in total. The van der Waals surface area contributed by atoms with E-state index < -0.39 is 0 Å². The van der Waals surface area contributed by atoms with Crippen LogP contribution in [0, 0.1) is 11.3 Å². The van der Waals surface area contributed by atoms with Crippen LogP contribution in [0.5, 0.6) is 0 Å². The lowest BCUT2D eigenvalue weighted by Gasteiger charge is -2.16. The highest BCUT2D eigenvalue weighted by Gasteiger charge is 2.14. The van der Waals surface area contributed by atoms with Crippen molar-refractivity contribution in [3.63, 3.8) is 0 Å². The fourth-order valence-electron chi connectivity index (χ4n) is 1.64. The molecule has 0 spiro atoms. The molecule has 1 aromatic carbocycles. The number of amides is 1. The Bertz CT molecular complexity index is 418. The van der Waals surface area contributed by atoms with Gasteiger partial charge < -0.3 is 5.32 Å². The molecular weight excluding hydrogens is 176 g/mol. The van der Waals surface area contributed by atoms with Crippen LogP contribution < -0.4 is 5.32 Å². The molecule has 2 rings (SSSR count). The van der Waals surface area contributed by atoms with E-state index in [-0.39, 0.29) is 5.91 Å². The number of carbonyl (C=O) groups excluding carboxylic acids is 1. The van der Waals surface area contributed by atoms with Gasteiger partial charge in [-0.25, -0.2) is 0 Å². The van der Waals surface area contributed by atoms with Crippen molar-refractivity contribution < 1.29 is 4.79 Å². The number of carbonyl (C=O) groups is 1. The normalized spacial score (nSPS) is 14.1. The average molecular weight is 186 g/mol. The minimum absolute atomic E-state index is 0.0746. The van der Waals surface area contributed by atoms with Crippen molar-refractivity contribution in [3.8, 4) is 6.07 Å². The number of nitriles is 1. The summed E-state index contributed by atoms with van der Waals surface area (Å²) in [5, 5.41) is 11.4. The number of hydrogen-bond donors (Lipinski definition) is 1. The summed E-state index contributed by atoms with van der Waals surface area (Å²) in [5.41, 5.74) is 3.04. The molecule has 0 saturated heterocycles. The molecule has 0 atom stereocenters. The predicted octanol–water partition coefficient (Wildman–Crippen LogP) is 1.64.